The van der Waals surface area contributed by atoms with Crippen molar-refractivity contribution in [1.29, 1.82) is 5.26 Å². The summed E-state index contributed by atoms with van der Waals surface area (Å²) >= 11 is 0. The maximum atomic E-state index is 11.7. The van der Waals surface area contributed by atoms with E-state index in [0.29, 0.717) is 24.9 Å². The predicted octanol–water partition coefficient (Wildman–Crippen LogP) is 1.53. The number of aromatic amines is 1. The molecule has 0 atom stereocenters. The predicted molar refractivity (Wildman–Crippen MR) is 67.4 cm³/mol. The van der Waals surface area contributed by atoms with Crippen LogP contribution in [0.1, 0.15) is 43.8 Å². The maximum Gasteiger partial charge on any atom is 0.252 e. The van der Waals surface area contributed by atoms with E-state index in [4.69, 9.17) is 5.26 Å². The highest BCUT2D eigenvalue weighted by molar-refractivity contribution is 5.41. The van der Waals surface area contributed by atoms with Crippen molar-refractivity contribution in [1.82, 2.24) is 9.97 Å². The first-order chi connectivity index (χ1) is 8.78. The van der Waals surface area contributed by atoms with Crippen LogP contribution in [-0.2, 0) is 0 Å². The maximum absolute atomic E-state index is 11.7. The van der Waals surface area contributed by atoms with Crippen LogP contribution in [0.3, 0.4) is 0 Å². The van der Waals surface area contributed by atoms with E-state index < -0.39 is 0 Å². The molecule has 0 aromatic carbocycles. The van der Waals surface area contributed by atoms with Gasteiger partial charge in [0.15, 0.2) is 0 Å². The smallest absolute Gasteiger partial charge is 0.252 e. The molecule has 2 fully saturated rings. The van der Waals surface area contributed by atoms with E-state index >= 15 is 0 Å². The third-order valence-electron chi connectivity index (χ3n) is 3.46. The minimum absolute atomic E-state index is 0.0792. The van der Waals surface area contributed by atoms with E-state index in [-0.39, 0.29) is 5.56 Å². The number of hydrogen-bond donors (Lipinski definition) is 1. The molecule has 0 radical (unpaired) electrons. The molecule has 0 aliphatic heterocycles. The molecule has 2 saturated carbocycles. The summed E-state index contributed by atoms with van der Waals surface area (Å²) in [5, 5.41) is 8.71. The van der Waals surface area contributed by atoms with Crippen molar-refractivity contribution in [2.24, 2.45) is 0 Å². The Kier molecular flexibility index (Phi) is 2.78. The van der Waals surface area contributed by atoms with Gasteiger partial charge in [-0.15, -0.1) is 0 Å². The van der Waals surface area contributed by atoms with Crippen LogP contribution in [0.2, 0.25) is 0 Å². The second kappa shape index (κ2) is 4.45. The SMILES string of the molecule is N#CCCN(c1cc(=O)[nH]c(C2CC2)n1)C1CC1. The fourth-order valence-corrected chi connectivity index (χ4v) is 2.20. The van der Waals surface area contributed by atoms with Crippen LogP contribution in [0.5, 0.6) is 0 Å². The largest absolute Gasteiger partial charge is 0.352 e. The average Bonchev–Trinajstić information content (AvgIpc) is 3.21. The first kappa shape index (κ1) is 11.3. The van der Waals surface area contributed by atoms with E-state index in [0.717, 1.165) is 37.3 Å². The van der Waals surface area contributed by atoms with Gasteiger partial charge in [-0.25, -0.2) is 4.98 Å². The number of nitrogens with zero attached hydrogens (tertiary/aromatic N) is 3. The summed E-state index contributed by atoms with van der Waals surface area (Å²) in [7, 11) is 0. The Morgan fingerprint density at radius 2 is 2.22 bits per heavy atom. The molecule has 0 spiro atoms. The molecular weight excluding hydrogens is 228 g/mol. The van der Waals surface area contributed by atoms with Gasteiger partial charge in [-0.05, 0) is 25.7 Å². The van der Waals surface area contributed by atoms with Crippen molar-refractivity contribution in [3.8, 4) is 6.07 Å². The van der Waals surface area contributed by atoms with Gasteiger partial charge in [0.05, 0.1) is 12.5 Å². The Hall–Kier alpha value is -1.83. The van der Waals surface area contributed by atoms with Crippen LogP contribution >= 0.6 is 0 Å². The summed E-state index contributed by atoms with van der Waals surface area (Å²) in [6.07, 6.45) is 4.99. The van der Waals surface area contributed by atoms with Crippen LogP contribution in [0.15, 0.2) is 10.9 Å². The molecular formula is C13H16N4O. The van der Waals surface area contributed by atoms with Gasteiger partial charge in [0.1, 0.15) is 11.6 Å². The molecule has 0 amide bonds. The number of hydrogen-bond acceptors (Lipinski definition) is 4. The van der Waals surface area contributed by atoms with E-state index in [1.54, 1.807) is 6.07 Å². The summed E-state index contributed by atoms with van der Waals surface area (Å²) in [6.45, 7) is 0.668. The zero-order valence-electron chi connectivity index (χ0n) is 10.2. The average molecular weight is 244 g/mol. The van der Waals surface area contributed by atoms with Gasteiger partial charge in [0, 0.05) is 24.6 Å². The molecule has 94 valence electrons. The molecule has 2 aliphatic rings. The third-order valence-corrected chi connectivity index (χ3v) is 3.46. The van der Waals surface area contributed by atoms with Gasteiger partial charge in [0.2, 0.25) is 0 Å². The highest BCUT2D eigenvalue weighted by Crippen LogP contribution is 2.38. The van der Waals surface area contributed by atoms with Gasteiger partial charge in [-0.2, -0.15) is 5.26 Å². The summed E-state index contributed by atoms with van der Waals surface area (Å²) in [6, 6.07) is 4.19. The van der Waals surface area contributed by atoms with Crippen LogP contribution in [-0.4, -0.2) is 22.6 Å². The molecule has 1 aromatic heterocycles. The van der Waals surface area contributed by atoms with Crippen LogP contribution in [0, 0.1) is 11.3 Å². The molecule has 0 bridgehead atoms. The Balaban J connectivity index is 1.88. The molecule has 1 N–H and O–H groups in total. The molecule has 5 nitrogen and oxygen atoms in total. The number of nitrogens with one attached hydrogen (secondary N) is 1. The van der Waals surface area contributed by atoms with E-state index in [2.05, 4.69) is 20.9 Å². The number of rotatable bonds is 5. The molecule has 1 aromatic rings. The Morgan fingerprint density at radius 3 is 2.83 bits per heavy atom. The summed E-state index contributed by atoms with van der Waals surface area (Å²) in [4.78, 5) is 21.2. The van der Waals surface area contributed by atoms with Crippen molar-refractivity contribution in [3.63, 3.8) is 0 Å². The minimum Gasteiger partial charge on any atom is -0.352 e. The summed E-state index contributed by atoms with van der Waals surface area (Å²) < 4.78 is 0. The number of aromatic nitrogens is 2. The topological polar surface area (TPSA) is 72.8 Å². The number of nitriles is 1. The lowest BCUT2D eigenvalue weighted by atomic mass is 10.3. The van der Waals surface area contributed by atoms with Crippen LogP contribution in [0.4, 0.5) is 5.82 Å². The lowest BCUT2D eigenvalue weighted by molar-refractivity contribution is 0.762. The minimum atomic E-state index is -0.0792. The molecule has 0 unspecified atom stereocenters. The van der Waals surface area contributed by atoms with Crippen molar-refractivity contribution < 1.29 is 0 Å². The zero-order valence-corrected chi connectivity index (χ0v) is 10.2. The second-order valence-electron chi connectivity index (χ2n) is 5.10. The van der Waals surface area contributed by atoms with Crippen molar-refractivity contribution in [3.05, 3.63) is 22.2 Å². The summed E-state index contributed by atoms with van der Waals surface area (Å²) in [5.41, 5.74) is -0.0792. The van der Waals surface area contributed by atoms with Crippen LogP contribution in [0.25, 0.3) is 0 Å². The van der Waals surface area contributed by atoms with Crippen molar-refractivity contribution in [2.75, 3.05) is 11.4 Å². The molecule has 2 aliphatic carbocycles. The van der Waals surface area contributed by atoms with E-state index in [1.807, 2.05) is 0 Å². The highest BCUT2D eigenvalue weighted by atomic mass is 16.1. The molecule has 3 rings (SSSR count). The van der Waals surface area contributed by atoms with Gasteiger partial charge >= 0.3 is 0 Å². The van der Waals surface area contributed by atoms with E-state index in [9.17, 15) is 4.79 Å². The third kappa shape index (κ3) is 2.37. The lowest BCUT2D eigenvalue weighted by Crippen LogP contribution is -2.29. The normalized spacial score (nSPS) is 18.4. The van der Waals surface area contributed by atoms with Gasteiger partial charge < -0.3 is 9.88 Å². The Bertz CT molecular complexity index is 537. The number of anilines is 1. The Labute approximate surface area is 105 Å². The first-order valence-corrected chi connectivity index (χ1v) is 6.53. The zero-order chi connectivity index (χ0) is 12.5. The highest BCUT2D eigenvalue weighted by Gasteiger charge is 2.32. The Morgan fingerprint density at radius 1 is 1.44 bits per heavy atom. The fraction of sp³-hybridized carbons (Fsp3) is 0.615. The van der Waals surface area contributed by atoms with Gasteiger partial charge in [0.25, 0.3) is 5.56 Å². The van der Waals surface area contributed by atoms with Crippen molar-refractivity contribution in [2.45, 2.75) is 44.1 Å². The van der Waals surface area contributed by atoms with Crippen LogP contribution < -0.4 is 10.5 Å². The van der Waals surface area contributed by atoms with Gasteiger partial charge in [-0.3, -0.25) is 4.79 Å². The molecule has 5 heteroatoms. The lowest BCUT2D eigenvalue weighted by Gasteiger charge is -2.22. The standard InChI is InChI=1S/C13H16N4O/c14-6-1-7-17(10-4-5-10)11-8-12(18)16-13(15-11)9-2-3-9/h8-10H,1-5,7H2,(H,15,16,18). The first-order valence-electron chi connectivity index (χ1n) is 6.53. The van der Waals surface area contributed by atoms with Crippen molar-refractivity contribution >= 4 is 5.82 Å². The quantitative estimate of drug-likeness (QED) is 0.852. The second-order valence-corrected chi connectivity index (χ2v) is 5.10. The van der Waals surface area contributed by atoms with Gasteiger partial charge in [-0.1, -0.05) is 0 Å². The summed E-state index contributed by atoms with van der Waals surface area (Å²) in [5.74, 6) is 2.01. The monoisotopic (exact) mass is 244 g/mol. The fourth-order valence-electron chi connectivity index (χ4n) is 2.20. The molecule has 18 heavy (non-hydrogen) atoms. The molecule has 0 saturated heterocycles. The molecule has 1 heterocycles. The number of H-pyrrole nitrogens is 1. The van der Waals surface area contributed by atoms with E-state index in [1.165, 1.54) is 0 Å².